The lowest BCUT2D eigenvalue weighted by Crippen LogP contribution is -2.44. The van der Waals surface area contributed by atoms with E-state index in [0.29, 0.717) is 17.6 Å². The van der Waals surface area contributed by atoms with E-state index in [1.54, 1.807) is 4.90 Å². The van der Waals surface area contributed by atoms with E-state index >= 15 is 0 Å². The zero-order chi connectivity index (χ0) is 11.3. The molecule has 0 atom stereocenters. The van der Waals surface area contributed by atoms with Crippen LogP contribution in [0.25, 0.3) is 0 Å². The summed E-state index contributed by atoms with van der Waals surface area (Å²) < 4.78 is 24.2. The number of alkyl halides is 2. The van der Waals surface area contributed by atoms with Crippen LogP contribution < -0.4 is 5.32 Å². The standard InChI is InChI=1S/C10H17ClF2N2/c1-8(11)6-14-9-2-4-15(5-3-9)7-10(12)13/h9-10,14H,1-7H2. The highest BCUT2D eigenvalue weighted by molar-refractivity contribution is 6.29. The molecule has 2 nitrogen and oxygen atoms in total. The second-order valence-electron chi connectivity index (χ2n) is 3.86. The fourth-order valence-electron chi connectivity index (χ4n) is 1.77. The van der Waals surface area contributed by atoms with E-state index in [1.807, 2.05) is 0 Å². The lowest BCUT2D eigenvalue weighted by Gasteiger charge is -2.32. The molecule has 1 saturated heterocycles. The van der Waals surface area contributed by atoms with Crippen molar-refractivity contribution in [1.29, 1.82) is 0 Å². The summed E-state index contributed by atoms with van der Waals surface area (Å²) >= 11 is 5.63. The van der Waals surface area contributed by atoms with Gasteiger partial charge in [0.2, 0.25) is 0 Å². The molecule has 0 unspecified atom stereocenters. The molecular formula is C10H17ClF2N2. The normalized spacial score (nSPS) is 19.7. The molecule has 5 heteroatoms. The minimum atomic E-state index is -2.22. The van der Waals surface area contributed by atoms with Crippen LogP contribution in [0, 0.1) is 0 Å². The summed E-state index contributed by atoms with van der Waals surface area (Å²) in [6.45, 7) is 5.55. The number of nitrogens with one attached hydrogen (secondary N) is 1. The van der Waals surface area contributed by atoms with Crippen LogP contribution in [0.3, 0.4) is 0 Å². The number of rotatable bonds is 5. The van der Waals surface area contributed by atoms with Crippen molar-refractivity contribution >= 4 is 11.6 Å². The van der Waals surface area contributed by atoms with E-state index in [2.05, 4.69) is 11.9 Å². The van der Waals surface area contributed by atoms with Crippen molar-refractivity contribution in [2.24, 2.45) is 0 Å². The quantitative estimate of drug-likeness (QED) is 0.789. The molecular weight excluding hydrogens is 222 g/mol. The molecule has 0 aromatic heterocycles. The van der Waals surface area contributed by atoms with E-state index in [-0.39, 0.29) is 6.54 Å². The van der Waals surface area contributed by atoms with Gasteiger partial charge in [-0.2, -0.15) is 0 Å². The smallest absolute Gasteiger partial charge is 0.251 e. The molecule has 1 N–H and O–H groups in total. The average molecular weight is 239 g/mol. The van der Waals surface area contributed by atoms with Crippen molar-refractivity contribution in [3.63, 3.8) is 0 Å². The molecule has 1 rings (SSSR count). The third-order valence-corrected chi connectivity index (χ3v) is 2.70. The molecule has 0 amide bonds. The van der Waals surface area contributed by atoms with Gasteiger partial charge in [-0.15, -0.1) is 0 Å². The van der Waals surface area contributed by atoms with Gasteiger partial charge in [-0.3, -0.25) is 4.90 Å². The van der Waals surface area contributed by atoms with Crippen LogP contribution in [0.5, 0.6) is 0 Å². The molecule has 1 heterocycles. The van der Waals surface area contributed by atoms with E-state index in [9.17, 15) is 8.78 Å². The van der Waals surface area contributed by atoms with Crippen molar-refractivity contribution in [3.05, 3.63) is 11.6 Å². The first-order valence-corrected chi connectivity index (χ1v) is 5.53. The van der Waals surface area contributed by atoms with Gasteiger partial charge in [0.05, 0.1) is 6.54 Å². The van der Waals surface area contributed by atoms with Crippen LogP contribution in [0.2, 0.25) is 0 Å². The second-order valence-corrected chi connectivity index (χ2v) is 4.40. The summed E-state index contributed by atoms with van der Waals surface area (Å²) in [5, 5.41) is 3.84. The van der Waals surface area contributed by atoms with E-state index < -0.39 is 6.43 Å². The third-order valence-electron chi connectivity index (χ3n) is 2.57. The van der Waals surface area contributed by atoms with Crippen LogP contribution >= 0.6 is 11.6 Å². The number of halogens is 3. The summed E-state index contributed by atoms with van der Waals surface area (Å²) in [6, 6.07) is 0.384. The summed E-state index contributed by atoms with van der Waals surface area (Å²) in [5.41, 5.74) is 0. The molecule has 1 aliphatic heterocycles. The van der Waals surface area contributed by atoms with E-state index in [0.717, 1.165) is 25.9 Å². The highest BCUT2D eigenvalue weighted by atomic mass is 35.5. The van der Waals surface area contributed by atoms with Gasteiger partial charge in [-0.25, -0.2) is 8.78 Å². The first-order chi connectivity index (χ1) is 7.08. The topological polar surface area (TPSA) is 15.3 Å². The number of likely N-dealkylation sites (tertiary alicyclic amines) is 1. The third kappa shape index (κ3) is 5.44. The Kier molecular flexibility index (Phi) is 5.50. The minimum absolute atomic E-state index is 0.102. The molecule has 1 fully saturated rings. The minimum Gasteiger partial charge on any atom is -0.309 e. The Balaban J connectivity index is 2.15. The number of hydrogen-bond acceptors (Lipinski definition) is 2. The molecule has 0 saturated carbocycles. The summed E-state index contributed by atoms with van der Waals surface area (Å²) in [6.07, 6.45) is -0.425. The molecule has 88 valence electrons. The highest BCUT2D eigenvalue weighted by Crippen LogP contribution is 2.12. The molecule has 0 aromatic carbocycles. The van der Waals surface area contributed by atoms with Crippen LogP contribution in [-0.4, -0.2) is 43.5 Å². The van der Waals surface area contributed by atoms with Crippen molar-refractivity contribution in [3.8, 4) is 0 Å². The van der Waals surface area contributed by atoms with Crippen molar-refractivity contribution in [2.75, 3.05) is 26.2 Å². The number of piperidine rings is 1. The molecule has 0 aromatic rings. The van der Waals surface area contributed by atoms with Gasteiger partial charge in [-0.05, 0) is 25.9 Å². The van der Waals surface area contributed by atoms with Crippen molar-refractivity contribution in [1.82, 2.24) is 10.2 Å². The molecule has 0 bridgehead atoms. The monoisotopic (exact) mass is 238 g/mol. The fourth-order valence-corrected chi connectivity index (χ4v) is 1.85. The molecule has 0 radical (unpaired) electrons. The maximum atomic E-state index is 12.1. The molecule has 0 spiro atoms. The van der Waals surface area contributed by atoms with Gasteiger partial charge in [-0.1, -0.05) is 18.2 Å². The fraction of sp³-hybridized carbons (Fsp3) is 0.800. The zero-order valence-corrected chi connectivity index (χ0v) is 9.44. The predicted octanol–water partition coefficient (Wildman–Crippen LogP) is 2.06. The predicted molar refractivity (Wildman–Crippen MR) is 58.5 cm³/mol. The van der Waals surface area contributed by atoms with Crippen LogP contribution in [0.4, 0.5) is 8.78 Å². The first-order valence-electron chi connectivity index (χ1n) is 5.15. The van der Waals surface area contributed by atoms with Crippen LogP contribution in [0.15, 0.2) is 11.6 Å². The number of hydrogen-bond donors (Lipinski definition) is 1. The van der Waals surface area contributed by atoms with E-state index in [4.69, 9.17) is 11.6 Å². The lowest BCUT2D eigenvalue weighted by atomic mass is 10.1. The summed E-state index contributed by atoms with van der Waals surface area (Å²) in [7, 11) is 0. The summed E-state index contributed by atoms with van der Waals surface area (Å²) in [5.74, 6) is 0. The van der Waals surface area contributed by atoms with Gasteiger partial charge < -0.3 is 5.32 Å². The highest BCUT2D eigenvalue weighted by Gasteiger charge is 2.20. The maximum Gasteiger partial charge on any atom is 0.251 e. The SMILES string of the molecule is C=C(Cl)CNC1CCN(CC(F)F)CC1. The first kappa shape index (κ1) is 12.9. The van der Waals surface area contributed by atoms with Crippen LogP contribution in [-0.2, 0) is 0 Å². The Labute approximate surface area is 94.3 Å². The zero-order valence-electron chi connectivity index (χ0n) is 8.69. The Morgan fingerprint density at radius 3 is 2.53 bits per heavy atom. The largest absolute Gasteiger partial charge is 0.309 e. The second kappa shape index (κ2) is 6.40. The summed E-state index contributed by atoms with van der Waals surface area (Å²) in [4.78, 5) is 1.80. The van der Waals surface area contributed by atoms with Crippen LogP contribution in [0.1, 0.15) is 12.8 Å². The van der Waals surface area contributed by atoms with Gasteiger partial charge in [0.1, 0.15) is 0 Å². The van der Waals surface area contributed by atoms with Gasteiger partial charge in [0.25, 0.3) is 6.43 Å². The van der Waals surface area contributed by atoms with E-state index in [1.165, 1.54) is 0 Å². The Morgan fingerprint density at radius 2 is 2.07 bits per heavy atom. The molecule has 1 aliphatic rings. The Hall–Kier alpha value is -0.190. The van der Waals surface area contributed by atoms with Gasteiger partial charge >= 0.3 is 0 Å². The number of nitrogens with zero attached hydrogens (tertiary/aromatic N) is 1. The Morgan fingerprint density at radius 1 is 1.47 bits per heavy atom. The molecule has 15 heavy (non-hydrogen) atoms. The van der Waals surface area contributed by atoms with Crippen molar-refractivity contribution in [2.45, 2.75) is 25.3 Å². The Bertz CT molecular complexity index is 204. The lowest BCUT2D eigenvalue weighted by molar-refractivity contribution is 0.0734. The average Bonchev–Trinajstić information content (AvgIpc) is 2.16. The van der Waals surface area contributed by atoms with Crippen molar-refractivity contribution < 1.29 is 8.78 Å². The maximum absolute atomic E-state index is 12.1. The van der Waals surface area contributed by atoms with Gasteiger partial charge in [0.15, 0.2) is 0 Å². The molecule has 0 aliphatic carbocycles. The van der Waals surface area contributed by atoms with Gasteiger partial charge in [0, 0.05) is 17.6 Å².